The zero-order valence-electron chi connectivity index (χ0n) is 21.0. The lowest BCUT2D eigenvalue weighted by Crippen LogP contribution is -2.06. The first-order chi connectivity index (χ1) is 18.6. The van der Waals surface area contributed by atoms with Crippen LogP contribution in [0.25, 0.3) is 28.5 Å². The molecule has 4 heterocycles. The Hall–Kier alpha value is -4.93. The van der Waals surface area contributed by atoms with Gasteiger partial charge in [0.05, 0.1) is 50.6 Å². The maximum absolute atomic E-state index is 12.1. The molecule has 0 atom stereocenters. The van der Waals surface area contributed by atoms with Crippen LogP contribution in [0, 0.1) is 0 Å². The van der Waals surface area contributed by atoms with Gasteiger partial charge in [-0.1, -0.05) is 12.1 Å². The number of methoxy groups -OCH3 is 2. The number of imidazole rings is 1. The fourth-order valence-corrected chi connectivity index (χ4v) is 4.64. The fourth-order valence-electron chi connectivity index (χ4n) is 4.64. The summed E-state index contributed by atoms with van der Waals surface area (Å²) in [7, 11) is 3.29. The first kappa shape index (κ1) is 23.5. The summed E-state index contributed by atoms with van der Waals surface area (Å²) in [4.78, 5) is 20.9. The molecular formula is C27H24N6O5. The first-order valence-electron chi connectivity index (χ1n) is 12.0. The highest BCUT2D eigenvalue weighted by Gasteiger charge is 2.29. The summed E-state index contributed by atoms with van der Waals surface area (Å²) in [6.45, 7) is 2.50. The second kappa shape index (κ2) is 9.51. The van der Waals surface area contributed by atoms with Gasteiger partial charge in [0.25, 0.3) is 11.7 Å². The van der Waals surface area contributed by atoms with Crippen molar-refractivity contribution >= 4 is 5.97 Å². The average molecular weight is 513 g/mol. The number of nitrogens with zero attached hydrogens (tertiary/aromatic N) is 6. The number of hydrogen-bond acceptors (Lipinski definition) is 9. The van der Waals surface area contributed by atoms with Crippen LogP contribution in [-0.2, 0) is 17.7 Å². The molecular weight excluding hydrogens is 488 g/mol. The summed E-state index contributed by atoms with van der Waals surface area (Å²) in [6, 6.07) is 13.8. The van der Waals surface area contributed by atoms with Crippen LogP contribution in [0.3, 0.4) is 0 Å². The van der Waals surface area contributed by atoms with Gasteiger partial charge in [-0.25, -0.2) is 9.78 Å². The van der Waals surface area contributed by atoms with Gasteiger partial charge in [-0.15, -0.1) is 0 Å². The minimum atomic E-state index is -0.646. The van der Waals surface area contributed by atoms with Crippen LogP contribution in [0.2, 0.25) is 0 Å². The normalized spacial score (nSPS) is 11.8. The number of aromatic nitrogens is 6. The predicted octanol–water partition coefficient (Wildman–Crippen LogP) is 3.93. The molecule has 11 nitrogen and oxygen atoms in total. The van der Waals surface area contributed by atoms with E-state index >= 15 is 0 Å². The Kier molecular flexibility index (Phi) is 5.87. The molecule has 1 aliphatic rings. The number of carbonyl (C=O) groups is 1. The fraction of sp³-hybridized carbons (Fsp3) is 0.222. The molecule has 0 fully saturated rings. The Bertz CT molecular complexity index is 1630. The van der Waals surface area contributed by atoms with Crippen molar-refractivity contribution in [3.63, 3.8) is 0 Å². The van der Waals surface area contributed by atoms with E-state index in [0.717, 1.165) is 45.3 Å². The summed E-state index contributed by atoms with van der Waals surface area (Å²) < 4.78 is 25.2. The SMILES string of the molecule is CCOC(=O)c1noc(-c2ncn3c2Cc2cnn(Cc4ccc(OC)cc4)c2-c2cc(OC)ccc2-3)n1. The van der Waals surface area contributed by atoms with E-state index in [2.05, 4.69) is 15.1 Å². The lowest BCUT2D eigenvalue weighted by Gasteiger charge is -2.14. The molecule has 0 spiro atoms. The van der Waals surface area contributed by atoms with Crippen LogP contribution >= 0.6 is 0 Å². The van der Waals surface area contributed by atoms with Crippen LogP contribution in [0.1, 0.15) is 34.4 Å². The molecule has 2 aromatic carbocycles. The highest BCUT2D eigenvalue weighted by atomic mass is 16.5. The Morgan fingerprint density at radius 2 is 1.87 bits per heavy atom. The summed E-state index contributed by atoms with van der Waals surface area (Å²) in [5, 5.41) is 8.53. The van der Waals surface area contributed by atoms with E-state index in [9.17, 15) is 4.79 Å². The zero-order chi connectivity index (χ0) is 26.2. The highest BCUT2D eigenvalue weighted by Crippen LogP contribution is 2.39. The van der Waals surface area contributed by atoms with Crippen molar-refractivity contribution in [3.05, 3.63) is 77.6 Å². The van der Waals surface area contributed by atoms with Crippen molar-refractivity contribution < 1.29 is 23.5 Å². The summed E-state index contributed by atoms with van der Waals surface area (Å²) in [6.07, 6.45) is 4.09. The Labute approximate surface area is 217 Å². The number of fused-ring (bicyclic) bond motifs is 5. The molecule has 0 N–H and O–H groups in total. The average Bonchev–Trinajstić information content (AvgIpc) is 3.67. The van der Waals surface area contributed by atoms with Crippen molar-refractivity contribution in [2.24, 2.45) is 0 Å². The van der Waals surface area contributed by atoms with Gasteiger partial charge in [0, 0.05) is 17.5 Å². The van der Waals surface area contributed by atoms with Gasteiger partial charge < -0.3 is 23.3 Å². The molecule has 0 aliphatic carbocycles. The number of hydrogen-bond donors (Lipinski definition) is 0. The first-order valence-corrected chi connectivity index (χ1v) is 12.0. The summed E-state index contributed by atoms with van der Waals surface area (Å²) >= 11 is 0. The van der Waals surface area contributed by atoms with E-state index in [-0.39, 0.29) is 18.3 Å². The number of benzene rings is 2. The minimum absolute atomic E-state index is 0.143. The van der Waals surface area contributed by atoms with Crippen LogP contribution < -0.4 is 9.47 Å². The van der Waals surface area contributed by atoms with Crippen molar-refractivity contribution in [2.45, 2.75) is 19.9 Å². The van der Waals surface area contributed by atoms with Crippen LogP contribution in [0.4, 0.5) is 0 Å². The molecule has 192 valence electrons. The molecule has 11 heteroatoms. The standard InChI is InChI=1S/C27H24N6O5/c1-4-37-27(34)25-30-26(38-31-25)23-22-11-17-13-29-33(14-16-5-7-18(35-2)8-6-16)24(17)20-12-19(36-3)9-10-21(20)32(22)15-28-23/h5-10,12-13,15H,4,11,14H2,1-3H3. The van der Waals surface area contributed by atoms with E-state index in [1.54, 1.807) is 27.5 Å². The molecule has 0 saturated heterocycles. The van der Waals surface area contributed by atoms with E-state index in [4.69, 9.17) is 23.8 Å². The molecule has 0 saturated carbocycles. The topological polar surface area (TPSA) is 119 Å². The summed E-state index contributed by atoms with van der Waals surface area (Å²) in [5.41, 5.74) is 6.24. The second-order valence-electron chi connectivity index (χ2n) is 8.64. The van der Waals surface area contributed by atoms with Crippen LogP contribution in [0.5, 0.6) is 11.5 Å². The van der Waals surface area contributed by atoms with Crippen LogP contribution in [0.15, 0.2) is 59.5 Å². The highest BCUT2D eigenvalue weighted by molar-refractivity contribution is 5.85. The molecule has 1 aliphatic heterocycles. The third kappa shape index (κ3) is 3.97. The number of ether oxygens (including phenoxy) is 3. The third-order valence-electron chi connectivity index (χ3n) is 6.44. The number of esters is 1. The largest absolute Gasteiger partial charge is 0.497 e. The van der Waals surface area contributed by atoms with Crippen LogP contribution in [-0.4, -0.2) is 56.3 Å². The van der Waals surface area contributed by atoms with Crippen molar-refractivity contribution in [1.29, 1.82) is 0 Å². The summed E-state index contributed by atoms with van der Waals surface area (Å²) in [5.74, 6) is 0.884. The van der Waals surface area contributed by atoms with E-state index in [1.807, 2.05) is 57.9 Å². The van der Waals surface area contributed by atoms with Gasteiger partial charge in [-0.05, 0) is 48.0 Å². The third-order valence-corrected chi connectivity index (χ3v) is 6.44. The van der Waals surface area contributed by atoms with Crippen molar-refractivity contribution in [3.8, 4) is 40.0 Å². The molecule has 0 radical (unpaired) electrons. The minimum Gasteiger partial charge on any atom is -0.497 e. The molecule has 0 amide bonds. The Balaban J connectivity index is 1.46. The quantitative estimate of drug-likeness (QED) is 0.293. The van der Waals surface area contributed by atoms with Crippen molar-refractivity contribution in [2.75, 3.05) is 20.8 Å². The van der Waals surface area contributed by atoms with Gasteiger partial charge in [-0.2, -0.15) is 10.1 Å². The molecule has 38 heavy (non-hydrogen) atoms. The lowest BCUT2D eigenvalue weighted by atomic mass is 10.0. The van der Waals surface area contributed by atoms with Gasteiger partial charge in [0.15, 0.2) is 5.69 Å². The predicted molar refractivity (Wildman–Crippen MR) is 135 cm³/mol. The van der Waals surface area contributed by atoms with Gasteiger partial charge in [0.2, 0.25) is 0 Å². The van der Waals surface area contributed by atoms with Gasteiger partial charge >= 0.3 is 5.97 Å². The molecule has 3 aromatic heterocycles. The van der Waals surface area contributed by atoms with E-state index < -0.39 is 5.97 Å². The molecule has 0 bridgehead atoms. The zero-order valence-corrected chi connectivity index (χ0v) is 21.0. The number of rotatable bonds is 7. The second-order valence-corrected chi connectivity index (χ2v) is 8.64. The molecule has 6 rings (SSSR count). The van der Waals surface area contributed by atoms with Gasteiger partial charge in [0.1, 0.15) is 17.8 Å². The maximum atomic E-state index is 12.1. The van der Waals surface area contributed by atoms with E-state index in [0.29, 0.717) is 18.7 Å². The Morgan fingerprint density at radius 1 is 1.08 bits per heavy atom. The Morgan fingerprint density at radius 3 is 2.63 bits per heavy atom. The maximum Gasteiger partial charge on any atom is 0.379 e. The monoisotopic (exact) mass is 512 g/mol. The van der Waals surface area contributed by atoms with E-state index in [1.165, 1.54) is 0 Å². The number of carbonyl (C=O) groups excluding carboxylic acids is 1. The lowest BCUT2D eigenvalue weighted by molar-refractivity contribution is 0.0508. The van der Waals surface area contributed by atoms with Crippen molar-refractivity contribution in [1.82, 2.24) is 29.5 Å². The smallest absolute Gasteiger partial charge is 0.379 e. The molecule has 0 unspecified atom stereocenters. The van der Waals surface area contributed by atoms with Gasteiger partial charge in [-0.3, -0.25) is 4.68 Å². The molecule has 5 aromatic rings.